The maximum atomic E-state index is 13.1. The van der Waals surface area contributed by atoms with Gasteiger partial charge in [0.15, 0.2) is 5.78 Å². The number of ketones is 1. The highest BCUT2D eigenvalue weighted by atomic mass is 16.1. The van der Waals surface area contributed by atoms with Crippen molar-refractivity contribution in [3.05, 3.63) is 53.9 Å². The van der Waals surface area contributed by atoms with Crippen LogP contribution in [0.5, 0.6) is 0 Å². The molecule has 0 fully saturated rings. The molecule has 114 valence electrons. The summed E-state index contributed by atoms with van der Waals surface area (Å²) in [5.41, 5.74) is 1.77. The molecule has 2 heteroatoms. The first kappa shape index (κ1) is 15.0. The Labute approximate surface area is 132 Å². The van der Waals surface area contributed by atoms with Gasteiger partial charge in [0.2, 0.25) is 0 Å². The Hall–Kier alpha value is -1.96. The highest BCUT2D eigenvalue weighted by Crippen LogP contribution is 2.45. The molecule has 22 heavy (non-hydrogen) atoms. The third kappa shape index (κ3) is 2.70. The number of fused-ring (bicyclic) bond motifs is 1. The zero-order valence-electron chi connectivity index (χ0n) is 13.8. The van der Waals surface area contributed by atoms with Crippen LogP contribution in [0, 0.1) is 10.8 Å². The summed E-state index contributed by atoms with van der Waals surface area (Å²) in [6.45, 7) is 8.77. The molecule has 0 spiro atoms. The number of nitrogens with zero attached hydrogens (tertiary/aromatic N) is 1. The summed E-state index contributed by atoms with van der Waals surface area (Å²) in [5.74, 6) is 0.163. The highest BCUT2D eigenvalue weighted by molar-refractivity contribution is 6.11. The fraction of sp³-hybridized carbons (Fsp3) is 0.400. The number of rotatable bonds is 2. The van der Waals surface area contributed by atoms with Gasteiger partial charge in [-0.2, -0.15) is 0 Å². The van der Waals surface area contributed by atoms with Gasteiger partial charge >= 0.3 is 0 Å². The summed E-state index contributed by atoms with van der Waals surface area (Å²) in [6, 6.07) is 7.84. The van der Waals surface area contributed by atoms with Crippen LogP contribution in [-0.2, 0) is 0 Å². The van der Waals surface area contributed by atoms with Gasteiger partial charge in [-0.15, -0.1) is 0 Å². The number of hydrogen-bond donors (Lipinski definition) is 0. The van der Waals surface area contributed by atoms with Gasteiger partial charge in [-0.1, -0.05) is 45.9 Å². The predicted octanol–water partition coefficient (Wildman–Crippen LogP) is 5.19. The average molecular weight is 293 g/mol. The first-order valence-corrected chi connectivity index (χ1v) is 7.90. The summed E-state index contributed by atoms with van der Waals surface area (Å²) in [7, 11) is 0. The first-order chi connectivity index (χ1) is 10.3. The van der Waals surface area contributed by atoms with E-state index in [0.29, 0.717) is 0 Å². The van der Waals surface area contributed by atoms with E-state index in [1.807, 2.05) is 30.5 Å². The molecular weight excluding hydrogens is 270 g/mol. The SMILES string of the molecule is CC1(C)C=C(C(=O)c2ccc3cnccc3c2)C(C)(C)CC1. The fourth-order valence-corrected chi connectivity index (χ4v) is 3.18. The van der Waals surface area contributed by atoms with Gasteiger partial charge in [0, 0.05) is 28.9 Å². The molecule has 0 radical (unpaired) electrons. The molecule has 0 unspecified atom stereocenters. The normalized spacial score (nSPS) is 19.7. The number of pyridine rings is 1. The lowest BCUT2D eigenvalue weighted by atomic mass is 9.66. The minimum atomic E-state index is -0.0558. The Bertz CT molecular complexity index is 768. The number of hydrogen-bond acceptors (Lipinski definition) is 2. The van der Waals surface area contributed by atoms with Crippen molar-refractivity contribution in [2.45, 2.75) is 40.5 Å². The summed E-state index contributed by atoms with van der Waals surface area (Å²) >= 11 is 0. The number of carbonyl (C=O) groups excluding carboxylic acids is 1. The molecule has 1 aromatic carbocycles. The van der Waals surface area contributed by atoms with Crippen LogP contribution in [0.1, 0.15) is 50.9 Å². The molecule has 1 aliphatic rings. The number of allylic oxidation sites excluding steroid dienone is 2. The van der Waals surface area contributed by atoms with Gasteiger partial charge in [0.25, 0.3) is 0 Å². The van der Waals surface area contributed by atoms with Gasteiger partial charge in [0.05, 0.1) is 0 Å². The Morgan fingerprint density at radius 1 is 1.05 bits per heavy atom. The molecule has 0 amide bonds. The van der Waals surface area contributed by atoms with Crippen LogP contribution in [0.25, 0.3) is 10.8 Å². The quantitative estimate of drug-likeness (QED) is 0.713. The molecule has 0 aliphatic heterocycles. The van der Waals surface area contributed by atoms with Gasteiger partial charge in [0.1, 0.15) is 0 Å². The van der Waals surface area contributed by atoms with Crippen molar-refractivity contribution in [2.75, 3.05) is 0 Å². The van der Waals surface area contributed by atoms with Crippen molar-refractivity contribution in [1.82, 2.24) is 4.98 Å². The molecule has 2 nitrogen and oxygen atoms in total. The van der Waals surface area contributed by atoms with Gasteiger partial charge in [-0.3, -0.25) is 9.78 Å². The lowest BCUT2D eigenvalue weighted by Crippen LogP contribution is -2.30. The molecule has 3 rings (SSSR count). The Morgan fingerprint density at radius 2 is 1.82 bits per heavy atom. The van der Waals surface area contributed by atoms with Crippen LogP contribution in [0.2, 0.25) is 0 Å². The second-order valence-electron chi connectivity index (χ2n) is 7.70. The standard InChI is InChI=1S/C20H23NO/c1-19(2)8-9-20(3,4)17(12-19)18(22)15-5-6-16-13-21-10-7-14(16)11-15/h5-7,10-13H,8-9H2,1-4H3. The monoisotopic (exact) mass is 293 g/mol. The maximum absolute atomic E-state index is 13.1. The molecule has 1 aromatic heterocycles. The largest absolute Gasteiger partial charge is 0.289 e. The lowest BCUT2D eigenvalue weighted by molar-refractivity contribution is 0.0990. The Balaban J connectivity index is 2.06. The summed E-state index contributed by atoms with van der Waals surface area (Å²) in [5, 5.41) is 2.13. The van der Waals surface area contributed by atoms with Gasteiger partial charge in [-0.05, 0) is 41.2 Å². The van der Waals surface area contributed by atoms with Crippen LogP contribution < -0.4 is 0 Å². The van der Waals surface area contributed by atoms with Crippen LogP contribution >= 0.6 is 0 Å². The molecule has 1 heterocycles. The third-order valence-electron chi connectivity index (χ3n) is 4.81. The molecule has 0 saturated carbocycles. The number of benzene rings is 1. The molecule has 0 saturated heterocycles. The van der Waals surface area contributed by atoms with Gasteiger partial charge < -0.3 is 0 Å². The topological polar surface area (TPSA) is 30.0 Å². The minimum absolute atomic E-state index is 0.0558. The van der Waals surface area contributed by atoms with Crippen molar-refractivity contribution >= 4 is 16.6 Å². The molecule has 1 aliphatic carbocycles. The third-order valence-corrected chi connectivity index (χ3v) is 4.81. The van der Waals surface area contributed by atoms with E-state index < -0.39 is 0 Å². The highest BCUT2D eigenvalue weighted by Gasteiger charge is 2.36. The van der Waals surface area contributed by atoms with E-state index >= 15 is 0 Å². The number of aromatic nitrogens is 1. The average Bonchev–Trinajstić information content (AvgIpc) is 2.49. The van der Waals surface area contributed by atoms with E-state index in [9.17, 15) is 4.79 Å². The van der Waals surface area contributed by atoms with Crippen LogP contribution in [0.4, 0.5) is 0 Å². The van der Waals surface area contributed by atoms with Crippen molar-refractivity contribution in [2.24, 2.45) is 10.8 Å². The Kier molecular flexibility index (Phi) is 3.43. The van der Waals surface area contributed by atoms with E-state index in [-0.39, 0.29) is 16.6 Å². The fourth-order valence-electron chi connectivity index (χ4n) is 3.18. The van der Waals surface area contributed by atoms with E-state index in [2.05, 4.69) is 38.8 Å². The minimum Gasteiger partial charge on any atom is -0.289 e. The smallest absolute Gasteiger partial charge is 0.189 e. The van der Waals surface area contributed by atoms with Crippen molar-refractivity contribution in [3.8, 4) is 0 Å². The van der Waals surface area contributed by atoms with Crippen molar-refractivity contribution < 1.29 is 4.79 Å². The molecule has 0 bridgehead atoms. The maximum Gasteiger partial charge on any atom is 0.189 e. The number of carbonyl (C=O) groups is 1. The lowest BCUT2D eigenvalue weighted by Gasteiger charge is -2.38. The van der Waals surface area contributed by atoms with Gasteiger partial charge in [-0.25, -0.2) is 0 Å². The second-order valence-corrected chi connectivity index (χ2v) is 7.70. The summed E-state index contributed by atoms with van der Waals surface area (Å²) in [4.78, 5) is 17.2. The van der Waals surface area contributed by atoms with E-state index in [1.165, 1.54) is 0 Å². The Morgan fingerprint density at radius 3 is 2.59 bits per heavy atom. The molecule has 2 aromatic rings. The van der Waals surface area contributed by atoms with Crippen LogP contribution in [0.15, 0.2) is 48.3 Å². The number of Topliss-reactive ketones (excluding diaryl/α,β-unsaturated/α-hetero) is 1. The molecular formula is C20H23NO. The van der Waals surface area contributed by atoms with E-state index in [1.54, 1.807) is 6.20 Å². The predicted molar refractivity (Wildman–Crippen MR) is 91.0 cm³/mol. The van der Waals surface area contributed by atoms with Crippen LogP contribution in [0.3, 0.4) is 0 Å². The molecule has 0 atom stereocenters. The zero-order valence-corrected chi connectivity index (χ0v) is 13.8. The first-order valence-electron chi connectivity index (χ1n) is 7.90. The second kappa shape index (κ2) is 5.05. The van der Waals surface area contributed by atoms with Crippen molar-refractivity contribution in [3.63, 3.8) is 0 Å². The summed E-state index contributed by atoms with van der Waals surface area (Å²) < 4.78 is 0. The van der Waals surface area contributed by atoms with Crippen LogP contribution in [-0.4, -0.2) is 10.8 Å². The zero-order chi connectivity index (χ0) is 16.0. The van der Waals surface area contributed by atoms with E-state index in [0.717, 1.165) is 34.8 Å². The van der Waals surface area contributed by atoms with E-state index in [4.69, 9.17) is 0 Å². The molecule has 0 N–H and O–H groups in total. The summed E-state index contributed by atoms with van der Waals surface area (Å²) in [6.07, 6.45) is 7.96. The van der Waals surface area contributed by atoms with Crippen molar-refractivity contribution in [1.29, 1.82) is 0 Å².